The number of phenols is 1. The first-order chi connectivity index (χ1) is 12.5. The summed E-state index contributed by atoms with van der Waals surface area (Å²) in [7, 11) is 0. The third-order valence-electron chi connectivity index (χ3n) is 3.94. The SMILES string of the molecule is CCCn1ccc(Nc2ncc(C(=O)Nc3c(C)ccc(O)c3C)s2)n1. The van der Waals surface area contributed by atoms with Crippen molar-refractivity contribution in [3.8, 4) is 5.75 Å². The Morgan fingerprint density at radius 1 is 1.31 bits per heavy atom. The number of nitrogens with zero attached hydrogens (tertiary/aromatic N) is 3. The summed E-state index contributed by atoms with van der Waals surface area (Å²) in [5.41, 5.74) is 2.15. The van der Waals surface area contributed by atoms with E-state index in [1.54, 1.807) is 19.1 Å². The first-order valence-corrected chi connectivity index (χ1v) is 9.16. The fourth-order valence-corrected chi connectivity index (χ4v) is 3.25. The zero-order valence-corrected chi connectivity index (χ0v) is 15.7. The molecule has 3 N–H and O–H groups in total. The van der Waals surface area contributed by atoms with Gasteiger partial charge in [-0.15, -0.1) is 0 Å². The maximum Gasteiger partial charge on any atom is 0.267 e. The Morgan fingerprint density at radius 2 is 2.12 bits per heavy atom. The molecule has 0 radical (unpaired) electrons. The highest BCUT2D eigenvalue weighted by atomic mass is 32.1. The molecule has 0 fully saturated rings. The van der Waals surface area contributed by atoms with Gasteiger partial charge in [0.1, 0.15) is 10.6 Å². The van der Waals surface area contributed by atoms with E-state index < -0.39 is 0 Å². The summed E-state index contributed by atoms with van der Waals surface area (Å²) in [4.78, 5) is 17.2. The van der Waals surface area contributed by atoms with Gasteiger partial charge < -0.3 is 15.7 Å². The van der Waals surface area contributed by atoms with Crippen LogP contribution < -0.4 is 10.6 Å². The first kappa shape index (κ1) is 17.9. The lowest BCUT2D eigenvalue weighted by molar-refractivity contribution is 0.103. The largest absolute Gasteiger partial charge is 0.508 e. The van der Waals surface area contributed by atoms with E-state index in [4.69, 9.17) is 0 Å². The Labute approximate surface area is 155 Å². The van der Waals surface area contributed by atoms with Crippen LogP contribution in [0, 0.1) is 13.8 Å². The molecule has 136 valence electrons. The van der Waals surface area contributed by atoms with Gasteiger partial charge in [-0.25, -0.2) is 4.98 Å². The third-order valence-corrected chi connectivity index (χ3v) is 4.85. The Kier molecular flexibility index (Phi) is 5.22. The molecule has 0 saturated carbocycles. The molecule has 1 aromatic carbocycles. The molecule has 0 unspecified atom stereocenters. The molecule has 0 atom stereocenters. The number of anilines is 3. The van der Waals surface area contributed by atoms with Gasteiger partial charge in [-0.05, 0) is 31.9 Å². The zero-order valence-electron chi connectivity index (χ0n) is 14.9. The molecule has 8 heteroatoms. The molecule has 2 aromatic heterocycles. The molecule has 0 spiro atoms. The molecule has 7 nitrogen and oxygen atoms in total. The number of carbonyl (C=O) groups is 1. The van der Waals surface area contributed by atoms with Crippen molar-refractivity contribution in [2.45, 2.75) is 33.7 Å². The van der Waals surface area contributed by atoms with Crippen molar-refractivity contribution in [1.29, 1.82) is 0 Å². The van der Waals surface area contributed by atoms with Crippen molar-refractivity contribution in [3.63, 3.8) is 0 Å². The van der Waals surface area contributed by atoms with E-state index >= 15 is 0 Å². The van der Waals surface area contributed by atoms with Crippen LogP contribution >= 0.6 is 11.3 Å². The molecule has 3 rings (SSSR count). The van der Waals surface area contributed by atoms with E-state index in [-0.39, 0.29) is 11.7 Å². The molecular weight excluding hydrogens is 350 g/mol. The Balaban J connectivity index is 1.71. The first-order valence-electron chi connectivity index (χ1n) is 8.34. The highest BCUT2D eigenvalue weighted by Gasteiger charge is 2.15. The lowest BCUT2D eigenvalue weighted by Crippen LogP contribution is -2.12. The minimum Gasteiger partial charge on any atom is -0.508 e. The Morgan fingerprint density at radius 3 is 2.88 bits per heavy atom. The number of aromatic hydroxyl groups is 1. The normalized spacial score (nSPS) is 10.7. The summed E-state index contributed by atoms with van der Waals surface area (Å²) < 4.78 is 1.86. The molecule has 1 amide bonds. The van der Waals surface area contributed by atoms with Crippen LogP contribution in [0.2, 0.25) is 0 Å². The predicted molar refractivity (Wildman–Crippen MR) is 103 cm³/mol. The van der Waals surface area contributed by atoms with Crippen LogP contribution in [0.4, 0.5) is 16.6 Å². The van der Waals surface area contributed by atoms with Crippen molar-refractivity contribution < 1.29 is 9.90 Å². The van der Waals surface area contributed by atoms with E-state index in [0.29, 0.717) is 27.1 Å². The molecule has 0 bridgehead atoms. The zero-order chi connectivity index (χ0) is 18.7. The highest BCUT2D eigenvalue weighted by Crippen LogP contribution is 2.29. The van der Waals surface area contributed by atoms with Crippen LogP contribution in [-0.4, -0.2) is 25.8 Å². The highest BCUT2D eigenvalue weighted by molar-refractivity contribution is 7.17. The van der Waals surface area contributed by atoms with Crippen LogP contribution in [0.1, 0.15) is 34.1 Å². The van der Waals surface area contributed by atoms with E-state index in [1.807, 2.05) is 23.9 Å². The standard InChI is InChI=1S/C18H21N5O2S/c1-4-8-23-9-7-15(22-23)20-18-19-10-14(26-18)17(25)21-16-11(2)5-6-13(24)12(16)3/h5-7,9-10,24H,4,8H2,1-3H3,(H,21,25)(H,19,20,22). The van der Waals surface area contributed by atoms with Crippen molar-refractivity contribution in [2.75, 3.05) is 10.6 Å². The van der Waals surface area contributed by atoms with Crippen LogP contribution in [0.25, 0.3) is 0 Å². The summed E-state index contributed by atoms with van der Waals surface area (Å²) in [6.07, 6.45) is 4.44. The molecule has 2 heterocycles. The number of hydrogen-bond acceptors (Lipinski definition) is 6. The van der Waals surface area contributed by atoms with Crippen LogP contribution in [-0.2, 0) is 6.54 Å². The minimum absolute atomic E-state index is 0.153. The quantitative estimate of drug-likeness (QED) is 0.607. The van der Waals surface area contributed by atoms with Gasteiger partial charge >= 0.3 is 0 Å². The molecule has 0 saturated heterocycles. The number of amides is 1. The number of aromatic nitrogens is 3. The van der Waals surface area contributed by atoms with Crippen molar-refractivity contribution in [2.24, 2.45) is 0 Å². The van der Waals surface area contributed by atoms with E-state index in [2.05, 4.69) is 27.6 Å². The number of aryl methyl sites for hydroxylation is 2. The van der Waals surface area contributed by atoms with Gasteiger partial charge in [0, 0.05) is 24.4 Å². The lowest BCUT2D eigenvalue weighted by Gasteiger charge is -2.11. The molecular formula is C18H21N5O2S. The maximum absolute atomic E-state index is 12.5. The van der Waals surface area contributed by atoms with Gasteiger partial charge in [-0.2, -0.15) is 5.10 Å². The summed E-state index contributed by atoms with van der Waals surface area (Å²) in [6, 6.07) is 5.26. The number of hydrogen-bond donors (Lipinski definition) is 3. The minimum atomic E-state index is -0.260. The van der Waals surface area contributed by atoms with Gasteiger partial charge in [0.15, 0.2) is 10.9 Å². The average Bonchev–Trinajstić information content (AvgIpc) is 3.25. The molecule has 26 heavy (non-hydrogen) atoms. The van der Waals surface area contributed by atoms with Crippen LogP contribution in [0.3, 0.4) is 0 Å². The summed E-state index contributed by atoms with van der Waals surface area (Å²) in [5.74, 6) is 0.587. The molecule has 0 aliphatic carbocycles. The summed E-state index contributed by atoms with van der Waals surface area (Å²) in [5, 5.41) is 20.8. The fraction of sp³-hybridized carbons (Fsp3) is 0.278. The number of phenolic OH excluding ortho intramolecular Hbond substituents is 1. The van der Waals surface area contributed by atoms with Crippen LogP contribution in [0.15, 0.2) is 30.6 Å². The second kappa shape index (κ2) is 7.57. The van der Waals surface area contributed by atoms with Gasteiger partial charge in [0.25, 0.3) is 5.91 Å². The summed E-state index contributed by atoms with van der Waals surface area (Å²) >= 11 is 1.25. The smallest absolute Gasteiger partial charge is 0.267 e. The second-order valence-corrected chi connectivity index (χ2v) is 7.01. The Bertz CT molecular complexity index is 932. The average molecular weight is 371 g/mol. The van der Waals surface area contributed by atoms with Gasteiger partial charge in [-0.1, -0.05) is 24.3 Å². The van der Waals surface area contributed by atoms with E-state index in [0.717, 1.165) is 18.5 Å². The van der Waals surface area contributed by atoms with Gasteiger partial charge in [-0.3, -0.25) is 9.48 Å². The summed E-state index contributed by atoms with van der Waals surface area (Å²) in [6.45, 7) is 6.60. The topological polar surface area (TPSA) is 92.1 Å². The third kappa shape index (κ3) is 3.85. The maximum atomic E-state index is 12.5. The number of benzene rings is 1. The number of carbonyl (C=O) groups excluding carboxylic acids is 1. The van der Waals surface area contributed by atoms with Gasteiger partial charge in [0.2, 0.25) is 0 Å². The van der Waals surface area contributed by atoms with Crippen molar-refractivity contribution in [3.05, 3.63) is 46.6 Å². The van der Waals surface area contributed by atoms with Gasteiger partial charge in [0.05, 0.1) is 11.9 Å². The monoisotopic (exact) mass is 371 g/mol. The van der Waals surface area contributed by atoms with Crippen LogP contribution in [0.5, 0.6) is 5.75 Å². The van der Waals surface area contributed by atoms with Crippen molar-refractivity contribution >= 4 is 33.9 Å². The molecule has 0 aliphatic rings. The number of thiazole rings is 1. The predicted octanol–water partition coefficient (Wildman–Crippen LogP) is 4.07. The van der Waals surface area contributed by atoms with E-state index in [1.165, 1.54) is 17.5 Å². The fourth-order valence-electron chi connectivity index (χ4n) is 2.53. The number of rotatable bonds is 6. The van der Waals surface area contributed by atoms with Crippen molar-refractivity contribution in [1.82, 2.24) is 14.8 Å². The second-order valence-electron chi connectivity index (χ2n) is 5.97. The van der Waals surface area contributed by atoms with E-state index in [9.17, 15) is 9.90 Å². The number of nitrogens with one attached hydrogen (secondary N) is 2. The Hall–Kier alpha value is -2.87. The molecule has 0 aliphatic heterocycles. The lowest BCUT2D eigenvalue weighted by atomic mass is 10.1. The molecule has 3 aromatic rings.